The first kappa shape index (κ1) is 15.0. The first-order valence-electron chi connectivity index (χ1n) is 5.45. The van der Waals surface area contributed by atoms with Crippen molar-refractivity contribution in [1.82, 2.24) is 21.3 Å². The van der Waals surface area contributed by atoms with Crippen molar-refractivity contribution in [1.29, 1.82) is 0 Å². The van der Waals surface area contributed by atoms with Crippen LogP contribution in [0.2, 0.25) is 0 Å². The molecule has 2 fully saturated rings. The van der Waals surface area contributed by atoms with E-state index >= 15 is 0 Å². The molecule has 6 N–H and O–H groups in total. The second kappa shape index (κ2) is 12.1. The van der Waals surface area contributed by atoms with Gasteiger partial charge < -0.3 is 21.3 Å². The lowest BCUT2D eigenvalue weighted by Gasteiger charge is -2.11. The zero-order chi connectivity index (χ0) is 12.1. The van der Waals surface area contributed by atoms with Gasteiger partial charge in [0, 0.05) is 52.4 Å². The number of hydrogen-bond acceptors (Lipinski definition) is 6. The van der Waals surface area contributed by atoms with Gasteiger partial charge in [-0.05, 0) is 0 Å². The van der Waals surface area contributed by atoms with Crippen LogP contribution in [0.4, 0.5) is 0 Å². The summed E-state index contributed by atoms with van der Waals surface area (Å²) in [7, 11) is 0. The summed E-state index contributed by atoms with van der Waals surface area (Å²) in [5.74, 6) is 3.83. The van der Waals surface area contributed by atoms with Crippen LogP contribution in [0.1, 0.15) is 0 Å². The molecule has 0 bridgehead atoms. The third kappa shape index (κ3) is 15.5. The van der Waals surface area contributed by atoms with Crippen molar-refractivity contribution in [2.45, 2.75) is 0 Å². The highest BCUT2D eigenvalue weighted by Crippen LogP contribution is 1.65. The van der Waals surface area contributed by atoms with Crippen LogP contribution < -0.4 is 27.1 Å². The van der Waals surface area contributed by atoms with E-state index < -0.39 is 5.03 Å². The van der Waals surface area contributed by atoms with Gasteiger partial charge >= 0.3 is 0 Å². The lowest BCUT2D eigenvalue weighted by molar-refractivity contribution is -0.491. The van der Waals surface area contributed by atoms with Gasteiger partial charge in [0.05, 0.1) is 0 Å². The van der Waals surface area contributed by atoms with Crippen LogP contribution in [0, 0.1) is 10.1 Å². The Hall–Kier alpha value is -0.960. The van der Waals surface area contributed by atoms with Gasteiger partial charge in [-0.15, -0.1) is 0 Å². The molecule has 0 unspecified atom stereocenters. The number of rotatable bonds is 0. The maximum Gasteiger partial charge on any atom is 0.154 e. The fourth-order valence-electron chi connectivity index (χ4n) is 1.21. The number of piperazine rings is 2. The molecule has 0 saturated carbocycles. The molecule has 0 aromatic heterocycles. The van der Waals surface area contributed by atoms with Crippen LogP contribution in [0.5, 0.6) is 0 Å². The van der Waals surface area contributed by atoms with Gasteiger partial charge in [0.15, 0.2) is 5.03 Å². The van der Waals surface area contributed by atoms with Crippen LogP contribution in [-0.4, -0.2) is 57.4 Å². The van der Waals surface area contributed by atoms with E-state index in [-0.39, 0.29) is 0 Å². The normalized spacial score (nSPS) is 19.5. The summed E-state index contributed by atoms with van der Waals surface area (Å²) in [6, 6.07) is 0. The van der Waals surface area contributed by atoms with Gasteiger partial charge in [0.1, 0.15) is 0 Å². The highest BCUT2D eigenvalue weighted by atomic mass is 16.7. The second-order valence-corrected chi connectivity index (χ2v) is 3.29. The van der Waals surface area contributed by atoms with Crippen molar-refractivity contribution >= 4 is 0 Å². The predicted molar refractivity (Wildman–Crippen MR) is 62.7 cm³/mol. The summed E-state index contributed by atoms with van der Waals surface area (Å²) in [6.07, 6.45) is 0. The monoisotopic (exact) mass is 234 g/mol. The average molecular weight is 234 g/mol. The maximum atomic E-state index is 8.58. The number of hydrazine groups is 1. The van der Waals surface area contributed by atoms with E-state index in [0.29, 0.717) is 0 Å². The van der Waals surface area contributed by atoms with Gasteiger partial charge in [-0.2, -0.15) is 5.84 Å². The van der Waals surface area contributed by atoms with Crippen molar-refractivity contribution in [2.75, 3.05) is 52.4 Å². The first-order valence-corrected chi connectivity index (χ1v) is 5.45. The quantitative estimate of drug-likeness (QED) is 0.179. The predicted octanol–water partition coefficient (Wildman–Crippen LogP) is -2.50. The molecule has 2 heterocycles. The van der Waals surface area contributed by atoms with E-state index in [9.17, 15) is 0 Å². The SMILES string of the molecule is C1CNCCN1.C1CNCCN1.N[N+](=O)[O-]. The van der Waals surface area contributed by atoms with Gasteiger partial charge in [0.2, 0.25) is 0 Å². The molecule has 8 heteroatoms. The fourth-order valence-corrected chi connectivity index (χ4v) is 1.21. The minimum Gasteiger partial charge on any atom is -0.314 e. The molecule has 96 valence electrons. The fraction of sp³-hybridized carbons (Fsp3) is 1.00. The van der Waals surface area contributed by atoms with E-state index in [1.54, 1.807) is 0 Å². The molecule has 0 aliphatic carbocycles. The Morgan fingerprint density at radius 2 is 0.875 bits per heavy atom. The lowest BCUT2D eigenvalue weighted by Crippen LogP contribution is -2.39. The van der Waals surface area contributed by atoms with E-state index in [2.05, 4.69) is 27.1 Å². The summed E-state index contributed by atoms with van der Waals surface area (Å²) < 4.78 is 0. The summed E-state index contributed by atoms with van der Waals surface area (Å²) >= 11 is 0. The second-order valence-electron chi connectivity index (χ2n) is 3.29. The zero-order valence-electron chi connectivity index (χ0n) is 9.50. The molecule has 2 saturated heterocycles. The van der Waals surface area contributed by atoms with E-state index in [0.717, 1.165) is 52.4 Å². The largest absolute Gasteiger partial charge is 0.314 e. The molecule has 0 spiro atoms. The first-order chi connectivity index (χ1) is 7.73. The van der Waals surface area contributed by atoms with E-state index in [1.807, 2.05) is 0 Å². The highest BCUT2D eigenvalue weighted by molar-refractivity contribution is 4.59. The average Bonchev–Trinajstić information content (AvgIpc) is 2.34. The molecule has 2 aliphatic heterocycles. The van der Waals surface area contributed by atoms with Crippen molar-refractivity contribution in [3.63, 3.8) is 0 Å². The lowest BCUT2D eigenvalue weighted by atomic mass is 10.4. The maximum absolute atomic E-state index is 8.58. The van der Waals surface area contributed by atoms with Crippen LogP contribution in [0.15, 0.2) is 0 Å². The molecule has 0 atom stereocenters. The molecule has 2 aliphatic rings. The molecule has 0 aromatic carbocycles. The van der Waals surface area contributed by atoms with Crippen LogP contribution >= 0.6 is 0 Å². The Balaban J connectivity index is 0.000000217. The van der Waals surface area contributed by atoms with Crippen molar-refractivity contribution in [3.05, 3.63) is 10.1 Å². The van der Waals surface area contributed by atoms with Crippen molar-refractivity contribution in [2.24, 2.45) is 5.84 Å². The summed E-state index contributed by atoms with van der Waals surface area (Å²) in [5.41, 5.74) is 0. The topological polar surface area (TPSA) is 117 Å². The molecular weight excluding hydrogens is 212 g/mol. The Morgan fingerprint density at radius 3 is 0.938 bits per heavy atom. The van der Waals surface area contributed by atoms with Gasteiger partial charge in [-0.1, -0.05) is 0 Å². The van der Waals surface area contributed by atoms with E-state index in [4.69, 9.17) is 10.1 Å². The molecule has 2 rings (SSSR count). The smallest absolute Gasteiger partial charge is 0.154 e. The number of hydrogen-bond donors (Lipinski definition) is 5. The Kier molecular flexibility index (Phi) is 11.4. The van der Waals surface area contributed by atoms with Crippen molar-refractivity contribution < 1.29 is 5.03 Å². The summed E-state index contributed by atoms with van der Waals surface area (Å²) in [6.45, 7) is 9.11. The zero-order valence-corrected chi connectivity index (χ0v) is 9.50. The van der Waals surface area contributed by atoms with Crippen LogP contribution in [0.3, 0.4) is 0 Å². The van der Waals surface area contributed by atoms with E-state index in [1.165, 1.54) is 0 Å². The molecular formula is C8H22N6O2. The van der Waals surface area contributed by atoms with Gasteiger partial charge in [-0.25, -0.2) is 10.1 Å². The Bertz CT molecular complexity index is 122. The number of nitrogens with zero attached hydrogens (tertiary/aromatic N) is 1. The molecule has 16 heavy (non-hydrogen) atoms. The van der Waals surface area contributed by atoms with Crippen LogP contribution in [0.25, 0.3) is 0 Å². The number of nitro groups is 1. The number of nitrogens with two attached hydrogens (primary N) is 1. The highest BCUT2D eigenvalue weighted by Gasteiger charge is 1.92. The summed E-state index contributed by atoms with van der Waals surface area (Å²) in [4.78, 5) is 8.58. The molecule has 8 nitrogen and oxygen atoms in total. The molecule has 0 aromatic rings. The van der Waals surface area contributed by atoms with Gasteiger partial charge in [0.25, 0.3) is 0 Å². The standard InChI is InChI=1S/2C4H10N2.H2N2O2/c2*1-2-6-4-3-5-1;1-2(3)4/h2*5-6H,1-4H2;1H2. The Labute approximate surface area is 95.5 Å². The molecule has 0 amide bonds. The van der Waals surface area contributed by atoms with Gasteiger partial charge in [-0.3, -0.25) is 0 Å². The number of nitrogens with one attached hydrogen (secondary N) is 4. The van der Waals surface area contributed by atoms with Crippen molar-refractivity contribution in [3.8, 4) is 0 Å². The Morgan fingerprint density at radius 1 is 0.750 bits per heavy atom. The third-order valence-electron chi connectivity index (χ3n) is 1.91. The molecule has 0 radical (unpaired) electrons. The minimum absolute atomic E-state index is 1.00. The third-order valence-corrected chi connectivity index (χ3v) is 1.91. The minimum atomic E-state index is -1.00. The van der Waals surface area contributed by atoms with Crippen LogP contribution in [-0.2, 0) is 0 Å². The summed E-state index contributed by atoms with van der Waals surface area (Å²) in [5, 5.41) is 20.5.